The summed E-state index contributed by atoms with van der Waals surface area (Å²) in [4.78, 5) is 30.7. The first-order valence-electron chi connectivity index (χ1n) is 11.2. The lowest BCUT2D eigenvalue weighted by atomic mass is 10.2. The van der Waals surface area contributed by atoms with Crippen molar-refractivity contribution in [2.45, 2.75) is 18.6 Å². The third kappa shape index (κ3) is 4.95. The summed E-state index contributed by atoms with van der Waals surface area (Å²) in [7, 11) is 0. The van der Waals surface area contributed by atoms with Crippen LogP contribution < -0.4 is 25.1 Å². The number of rotatable bonds is 8. The average molecular weight is 490 g/mol. The molecule has 0 fully saturated rings. The molecule has 1 aliphatic rings. The maximum Gasteiger partial charge on any atom is 0.266 e. The predicted octanol–water partition coefficient (Wildman–Crippen LogP) is 3.92. The van der Waals surface area contributed by atoms with Crippen LogP contribution in [-0.2, 0) is 11.3 Å². The smallest absolute Gasteiger partial charge is 0.266 e. The summed E-state index contributed by atoms with van der Waals surface area (Å²) in [5.74, 6) is 2.02. The summed E-state index contributed by atoms with van der Waals surface area (Å²) >= 11 is 1.21. The number of benzene rings is 3. The second-order valence-electron chi connectivity index (χ2n) is 7.73. The third-order valence-corrected chi connectivity index (χ3v) is 6.35. The van der Waals surface area contributed by atoms with Crippen molar-refractivity contribution in [3.63, 3.8) is 0 Å². The first kappa shape index (κ1) is 22.8. The van der Waals surface area contributed by atoms with Gasteiger partial charge >= 0.3 is 0 Å². The Kier molecular flexibility index (Phi) is 6.58. The molecule has 5 rings (SSSR count). The minimum absolute atomic E-state index is 0.104. The lowest BCUT2D eigenvalue weighted by Crippen LogP contribution is -2.26. The molecule has 0 atom stereocenters. The number of aromatic nitrogens is 2. The molecule has 1 amide bonds. The van der Waals surface area contributed by atoms with E-state index in [1.807, 2.05) is 61.5 Å². The number of ether oxygens (including phenoxy) is 3. The highest BCUT2D eigenvalue weighted by Gasteiger charge is 2.16. The Labute approximate surface area is 205 Å². The molecule has 1 aromatic heterocycles. The van der Waals surface area contributed by atoms with Gasteiger partial charge in [-0.3, -0.25) is 14.2 Å². The molecule has 1 aliphatic heterocycles. The van der Waals surface area contributed by atoms with Crippen LogP contribution in [0.1, 0.15) is 12.5 Å². The molecule has 8 nitrogen and oxygen atoms in total. The van der Waals surface area contributed by atoms with Crippen molar-refractivity contribution in [2.24, 2.45) is 0 Å². The molecule has 35 heavy (non-hydrogen) atoms. The summed E-state index contributed by atoms with van der Waals surface area (Å²) in [6.45, 7) is 3.03. The Hall–Kier alpha value is -3.98. The molecule has 2 heterocycles. The molecule has 178 valence electrons. The van der Waals surface area contributed by atoms with Crippen molar-refractivity contribution < 1.29 is 19.0 Å². The first-order chi connectivity index (χ1) is 17.1. The monoisotopic (exact) mass is 489 g/mol. The van der Waals surface area contributed by atoms with Gasteiger partial charge in [-0.05, 0) is 61.0 Å². The fourth-order valence-corrected chi connectivity index (χ4v) is 4.57. The molecule has 0 unspecified atom stereocenters. The zero-order chi connectivity index (χ0) is 24.2. The quantitative estimate of drug-likeness (QED) is 0.296. The van der Waals surface area contributed by atoms with Crippen molar-refractivity contribution in [1.29, 1.82) is 0 Å². The van der Waals surface area contributed by atoms with Crippen LogP contribution in [0.4, 0.5) is 0 Å². The van der Waals surface area contributed by atoms with E-state index in [1.54, 1.807) is 12.1 Å². The predicted molar refractivity (Wildman–Crippen MR) is 134 cm³/mol. The van der Waals surface area contributed by atoms with Crippen LogP contribution in [0.3, 0.4) is 0 Å². The molecule has 0 aliphatic carbocycles. The summed E-state index contributed by atoms with van der Waals surface area (Å²) in [5, 5.41) is 3.86. The van der Waals surface area contributed by atoms with Gasteiger partial charge < -0.3 is 19.5 Å². The van der Waals surface area contributed by atoms with E-state index in [0.29, 0.717) is 46.4 Å². The Morgan fingerprint density at radius 3 is 2.71 bits per heavy atom. The Morgan fingerprint density at radius 1 is 1.09 bits per heavy atom. The summed E-state index contributed by atoms with van der Waals surface area (Å²) in [6.07, 6.45) is 0. The van der Waals surface area contributed by atoms with Crippen molar-refractivity contribution in [2.75, 3.05) is 19.2 Å². The second kappa shape index (κ2) is 10.1. The second-order valence-corrected chi connectivity index (χ2v) is 8.67. The van der Waals surface area contributed by atoms with Gasteiger partial charge in [0.25, 0.3) is 5.56 Å². The van der Waals surface area contributed by atoms with E-state index in [9.17, 15) is 9.59 Å². The number of carbonyl (C=O) groups excluding carboxylic acids is 1. The average Bonchev–Trinajstić information content (AvgIpc) is 3.35. The highest BCUT2D eigenvalue weighted by Crippen LogP contribution is 2.32. The highest BCUT2D eigenvalue weighted by molar-refractivity contribution is 7.99. The van der Waals surface area contributed by atoms with Crippen LogP contribution in [0.2, 0.25) is 0 Å². The highest BCUT2D eigenvalue weighted by atomic mass is 32.2. The van der Waals surface area contributed by atoms with E-state index in [-0.39, 0.29) is 24.0 Å². The van der Waals surface area contributed by atoms with Gasteiger partial charge in [-0.25, -0.2) is 4.98 Å². The topological polar surface area (TPSA) is 91.7 Å². The van der Waals surface area contributed by atoms with Crippen LogP contribution in [0.5, 0.6) is 17.2 Å². The van der Waals surface area contributed by atoms with Gasteiger partial charge in [0.2, 0.25) is 12.7 Å². The van der Waals surface area contributed by atoms with Gasteiger partial charge in [0.15, 0.2) is 16.7 Å². The van der Waals surface area contributed by atoms with Gasteiger partial charge in [0.1, 0.15) is 5.75 Å². The van der Waals surface area contributed by atoms with Crippen molar-refractivity contribution in [3.8, 4) is 22.9 Å². The summed E-state index contributed by atoms with van der Waals surface area (Å²) < 4.78 is 17.8. The third-order valence-electron chi connectivity index (χ3n) is 5.41. The van der Waals surface area contributed by atoms with Gasteiger partial charge in [0, 0.05) is 6.54 Å². The number of carbonyl (C=O) groups is 1. The van der Waals surface area contributed by atoms with Crippen LogP contribution in [0, 0.1) is 0 Å². The molecule has 3 aromatic carbocycles. The van der Waals surface area contributed by atoms with E-state index in [1.165, 1.54) is 16.3 Å². The lowest BCUT2D eigenvalue weighted by Gasteiger charge is -2.14. The number of amides is 1. The van der Waals surface area contributed by atoms with E-state index in [0.717, 1.165) is 11.3 Å². The zero-order valence-corrected chi connectivity index (χ0v) is 19.8. The molecule has 4 aromatic rings. The number of fused-ring (bicyclic) bond motifs is 2. The van der Waals surface area contributed by atoms with Gasteiger partial charge in [-0.2, -0.15) is 0 Å². The normalized spacial score (nSPS) is 12.0. The first-order valence-corrected chi connectivity index (χ1v) is 12.1. The Morgan fingerprint density at radius 2 is 1.89 bits per heavy atom. The fraction of sp³-hybridized carbons (Fsp3) is 0.192. The van der Waals surface area contributed by atoms with Gasteiger partial charge in [0.05, 0.1) is 29.0 Å². The molecular weight excluding hydrogens is 466 g/mol. The summed E-state index contributed by atoms with van der Waals surface area (Å²) in [5.41, 5.74) is 1.95. The number of hydrogen-bond donors (Lipinski definition) is 1. The number of nitrogens with zero attached hydrogens (tertiary/aromatic N) is 2. The zero-order valence-electron chi connectivity index (χ0n) is 19.0. The van der Waals surface area contributed by atoms with Crippen molar-refractivity contribution >= 4 is 28.6 Å². The minimum Gasteiger partial charge on any atom is -0.494 e. The van der Waals surface area contributed by atoms with Crippen LogP contribution in [0.15, 0.2) is 76.7 Å². The number of para-hydroxylation sites is 1. The van der Waals surface area contributed by atoms with Gasteiger partial charge in [-0.1, -0.05) is 30.0 Å². The number of nitrogens with one attached hydrogen (secondary N) is 1. The lowest BCUT2D eigenvalue weighted by molar-refractivity contribution is -0.118. The van der Waals surface area contributed by atoms with Crippen molar-refractivity contribution in [3.05, 3.63) is 82.6 Å². The Bertz CT molecular complexity index is 1440. The molecule has 0 saturated heterocycles. The Balaban J connectivity index is 1.35. The number of hydrogen-bond acceptors (Lipinski definition) is 7. The standard InChI is InChI=1S/C26H23N3O5S/c1-2-32-19-10-8-18(9-11-19)29-25(31)20-5-3-4-6-21(20)28-26(29)35-15-24(30)27-14-17-7-12-22-23(13-17)34-16-33-22/h3-13H,2,14-16H2,1H3,(H,27,30). The minimum atomic E-state index is -0.192. The molecule has 0 radical (unpaired) electrons. The molecule has 0 saturated carbocycles. The largest absolute Gasteiger partial charge is 0.494 e. The molecular formula is C26H23N3O5S. The maximum atomic E-state index is 13.4. The van der Waals surface area contributed by atoms with E-state index in [2.05, 4.69) is 10.3 Å². The maximum absolute atomic E-state index is 13.4. The van der Waals surface area contributed by atoms with E-state index < -0.39 is 0 Å². The summed E-state index contributed by atoms with van der Waals surface area (Å²) in [6, 6.07) is 20.0. The van der Waals surface area contributed by atoms with Crippen LogP contribution in [0.25, 0.3) is 16.6 Å². The van der Waals surface area contributed by atoms with Crippen molar-refractivity contribution in [1.82, 2.24) is 14.9 Å². The van der Waals surface area contributed by atoms with E-state index in [4.69, 9.17) is 14.2 Å². The van der Waals surface area contributed by atoms with Gasteiger partial charge in [-0.15, -0.1) is 0 Å². The SMILES string of the molecule is CCOc1ccc(-n2c(SCC(=O)NCc3ccc4c(c3)OCO4)nc3ccccc3c2=O)cc1. The van der Waals surface area contributed by atoms with Crippen LogP contribution >= 0.6 is 11.8 Å². The molecule has 0 bridgehead atoms. The fourth-order valence-electron chi connectivity index (χ4n) is 3.73. The molecule has 1 N–H and O–H groups in total. The number of thioether (sulfide) groups is 1. The van der Waals surface area contributed by atoms with E-state index >= 15 is 0 Å². The molecule has 9 heteroatoms. The van der Waals surface area contributed by atoms with Crippen LogP contribution in [-0.4, -0.2) is 34.6 Å². The molecule has 0 spiro atoms.